The van der Waals surface area contributed by atoms with Gasteiger partial charge in [-0.1, -0.05) is 0 Å². The standard InChI is InChI=1S/C13H22ClN3O3S/c1-9-12(8-14)13(16-15-9)21(18,19)17(6-7-20-3)10(2)11-4-5-11/h10-11H,4-8H2,1-3H3,(H,15,16). The molecule has 1 fully saturated rings. The first-order valence-electron chi connectivity index (χ1n) is 7.04. The predicted molar refractivity (Wildman–Crippen MR) is 80.8 cm³/mol. The van der Waals surface area contributed by atoms with E-state index in [4.69, 9.17) is 16.3 Å². The molecule has 120 valence electrons. The van der Waals surface area contributed by atoms with Crippen LogP contribution in [0.4, 0.5) is 0 Å². The summed E-state index contributed by atoms with van der Waals surface area (Å²) in [7, 11) is -2.11. The van der Waals surface area contributed by atoms with E-state index in [0.29, 0.717) is 30.3 Å². The highest BCUT2D eigenvalue weighted by Gasteiger charge is 2.40. The summed E-state index contributed by atoms with van der Waals surface area (Å²) >= 11 is 5.88. The molecule has 1 atom stereocenters. The minimum atomic E-state index is -3.67. The van der Waals surface area contributed by atoms with Crippen molar-refractivity contribution in [2.24, 2.45) is 5.92 Å². The fraction of sp³-hybridized carbons (Fsp3) is 0.769. The summed E-state index contributed by atoms with van der Waals surface area (Å²) in [6.45, 7) is 4.40. The van der Waals surface area contributed by atoms with Crippen molar-refractivity contribution < 1.29 is 13.2 Å². The van der Waals surface area contributed by atoms with Crippen LogP contribution >= 0.6 is 11.6 Å². The maximum Gasteiger partial charge on any atom is 0.263 e. The molecule has 2 rings (SSSR count). The van der Waals surface area contributed by atoms with Crippen LogP contribution < -0.4 is 0 Å². The zero-order chi connectivity index (χ0) is 15.6. The molecular weight excluding hydrogens is 314 g/mol. The van der Waals surface area contributed by atoms with Gasteiger partial charge in [-0.05, 0) is 32.6 Å². The highest BCUT2D eigenvalue weighted by Crippen LogP contribution is 2.37. The van der Waals surface area contributed by atoms with Crippen LogP contribution in [0, 0.1) is 12.8 Å². The van der Waals surface area contributed by atoms with E-state index in [1.807, 2.05) is 6.92 Å². The molecule has 0 bridgehead atoms. The summed E-state index contributed by atoms with van der Waals surface area (Å²) in [5.41, 5.74) is 1.23. The van der Waals surface area contributed by atoms with Crippen molar-refractivity contribution >= 4 is 21.6 Å². The molecule has 1 aliphatic rings. The molecule has 1 aromatic heterocycles. The van der Waals surface area contributed by atoms with Crippen molar-refractivity contribution in [1.82, 2.24) is 14.5 Å². The van der Waals surface area contributed by atoms with E-state index >= 15 is 0 Å². The van der Waals surface area contributed by atoms with Crippen LogP contribution in [0.25, 0.3) is 0 Å². The zero-order valence-electron chi connectivity index (χ0n) is 12.6. The number of aryl methyl sites for hydroxylation is 1. The van der Waals surface area contributed by atoms with E-state index in [9.17, 15) is 8.42 Å². The van der Waals surface area contributed by atoms with E-state index in [-0.39, 0.29) is 16.9 Å². The molecular formula is C13H22ClN3O3S. The van der Waals surface area contributed by atoms with Crippen LogP contribution in [0.5, 0.6) is 0 Å². The zero-order valence-corrected chi connectivity index (χ0v) is 14.2. The quantitative estimate of drug-likeness (QED) is 0.736. The molecule has 1 saturated carbocycles. The first-order valence-corrected chi connectivity index (χ1v) is 9.01. The number of methoxy groups -OCH3 is 1. The Morgan fingerprint density at radius 2 is 2.19 bits per heavy atom. The second-order valence-electron chi connectivity index (χ2n) is 5.45. The Kier molecular flexibility index (Phi) is 5.29. The Labute approximate surface area is 130 Å². The van der Waals surface area contributed by atoms with Gasteiger partial charge in [0.2, 0.25) is 0 Å². The average Bonchev–Trinajstić information content (AvgIpc) is 3.21. The van der Waals surface area contributed by atoms with Crippen LogP contribution in [0.1, 0.15) is 31.0 Å². The van der Waals surface area contributed by atoms with E-state index < -0.39 is 10.0 Å². The van der Waals surface area contributed by atoms with Gasteiger partial charge in [0.05, 0.1) is 12.5 Å². The van der Waals surface area contributed by atoms with Crippen LogP contribution in [-0.4, -0.2) is 49.2 Å². The van der Waals surface area contributed by atoms with E-state index in [2.05, 4.69) is 10.2 Å². The maximum absolute atomic E-state index is 12.9. The lowest BCUT2D eigenvalue weighted by atomic mass is 10.2. The first kappa shape index (κ1) is 16.7. The third-order valence-electron chi connectivity index (χ3n) is 4.00. The summed E-state index contributed by atoms with van der Waals surface area (Å²) in [6.07, 6.45) is 2.14. The highest BCUT2D eigenvalue weighted by atomic mass is 35.5. The van der Waals surface area contributed by atoms with Crippen molar-refractivity contribution in [3.63, 3.8) is 0 Å². The molecule has 1 aliphatic carbocycles. The Bertz CT molecular complexity index is 583. The smallest absolute Gasteiger partial charge is 0.263 e. The van der Waals surface area contributed by atoms with Gasteiger partial charge in [-0.3, -0.25) is 5.10 Å². The number of halogens is 1. The molecule has 0 amide bonds. The second kappa shape index (κ2) is 6.64. The number of alkyl halides is 1. The van der Waals surface area contributed by atoms with Crippen LogP contribution in [-0.2, 0) is 20.6 Å². The summed E-state index contributed by atoms with van der Waals surface area (Å²) in [4.78, 5) is 0. The minimum Gasteiger partial charge on any atom is -0.383 e. The van der Waals surface area contributed by atoms with Crippen LogP contribution in [0.3, 0.4) is 0 Å². The fourth-order valence-electron chi connectivity index (χ4n) is 2.45. The lowest BCUT2D eigenvalue weighted by Crippen LogP contribution is -2.42. The first-order chi connectivity index (χ1) is 9.93. The van der Waals surface area contributed by atoms with Gasteiger partial charge >= 0.3 is 0 Å². The summed E-state index contributed by atoms with van der Waals surface area (Å²) in [6, 6.07) is -0.0506. The molecule has 0 spiro atoms. The Balaban J connectivity index is 2.35. The molecule has 0 aliphatic heterocycles. The summed E-state index contributed by atoms with van der Waals surface area (Å²) in [5, 5.41) is 6.73. The maximum atomic E-state index is 12.9. The number of hydrogen-bond donors (Lipinski definition) is 1. The third kappa shape index (κ3) is 3.41. The number of sulfonamides is 1. The highest BCUT2D eigenvalue weighted by molar-refractivity contribution is 7.89. The molecule has 1 N–H and O–H groups in total. The Morgan fingerprint density at radius 3 is 2.71 bits per heavy atom. The Morgan fingerprint density at radius 1 is 1.52 bits per heavy atom. The molecule has 6 nitrogen and oxygen atoms in total. The van der Waals surface area contributed by atoms with E-state index in [0.717, 1.165) is 12.8 Å². The third-order valence-corrected chi connectivity index (χ3v) is 6.22. The molecule has 1 unspecified atom stereocenters. The predicted octanol–water partition coefficient (Wildman–Crippen LogP) is 1.89. The van der Waals surface area contributed by atoms with E-state index in [1.54, 1.807) is 14.0 Å². The van der Waals surface area contributed by atoms with Gasteiger partial charge in [0.1, 0.15) is 0 Å². The van der Waals surface area contributed by atoms with Crippen LogP contribution in [0.15, 0.2) is 5.03 Å². The van der Waals surface area contributed by atoms with Crippen LogP contribution in [0.2, 0.25) is 0 Å². The molecule has 0 radical (unpaired) electrons. The van der Waals surface area contributed by atoms with Crippen molar-refractivity contribution in [2.75, 3.05) is 20.3 Å². The van der Waals surface area contributed by atoms with Gasteiger partial charge < -0.3 is 4.74 Å². The number of H-pyrrole nitrogens is 1. The number of aromatic amines is 1. The van der Waals surface area contributed by atoms with Gasteiger partial charge in [-0.25, -0.2) is 8.42 Å². The molecule has 1 aromatic rings. The van der Waals surface area contributed by atoms with Gasteiger partial charge in [0.15, 0.2) is 5.03 Å². The monoisotopic (exact) mass is 335 g/mol. The molecule has 0 saturated heterocycles. The molecule has 21 heavy (non-hydrogen) atoms. The minimum absolute atomic E-state index is 0.0404. The average molecular weight is 336 g/mol. The lowest BCUT2D eigenvalue weighted by molar-refractivity contribution is 0.164. The number of hydrogen-bond acceptors (Lipinski definition) is 4. The van der Waals surface area contributed by atoms with Crippen molar-refractivity contribution in [1.29, 1.82) is 0 Å². The van der Waals surface area contributed by atoms with Gasteiger partial charge in [-0.2, -0.15) is 9.40 Å². The number of ether oxygens (including phenoxy) is 1. The largest absolute Gasteiger partial charge is 0.383 e. The number of nitrogens with zero attached hydrogens (tertiary/aromatic N) is 2. The molecule has 1 heterocycles. The van der Waals surface area contributed by atoms with Crippen molar-refractivity contribution in [2.45, 2.75) is 43.6 Å². The lowest BCUT2D eigenvalue weighted by Gasteiger charge is -2.27. The fourth-order valence-corrected chi connectivity index (χ4v) is 4.70. The van der Waals surface area contributed by atoms with Crippen molar-refractivity contribution in [3.05, 3.63) is 11.3 Å². The Hall–Kier alpha value is -0.630. The molecule has 0 aromatic carbocycles. The summed E-state index contributed by atoms with van der Waals surface area (Å²) in [5.74, 6) is 0.545. The number of nitrogens with one attached hydrogen (secondary N) is 1. The number of rotatable bonds is 8. The normalized spacial score (nSPS) is 17.4. The summed E-state index contributed by atoms with van der Waals surface area (Å²) < 4.78 is 32.4. The SMILES string of the molecule is COCCN(C(C)C1CC1)S(=O)(=O)c1n[nH]c(C)c1CCl. The van der Waals surface area contributed by atoms with Crippen molar-refractivity contribution in [3.8, 4) is 0 Å². The topological polar surface area (TPSA) is 75.3 Å². The second-order valence-corrected chi connectivity index (χ2v) is 7.53. The number of aromatic nitrogens is 2. The van der Waals surface area contributed by atoms with Gasteiger partial charge in [0, 0.05) is 31.0 Å². The van der Waals surface area contributed by atoms with E-state index in [1.165, 1.54) is 4.31 Å². The molecule has 8 heteroatoms. The van der Waals surface area contributed by atoms with Gasteiger partial charge in [0.25, 0.3) is 10.0 Å². The van der Waals surface area contributed by atoms with Gasteiger partial charge in [-0.15, -0.1) is 11.6 Å².